The van der Waals surface area contributed by atoms with E-state index >= 15 is 0 Å². The molecular formula is C3H15NO. The molecule has 0 aliphatic heterocycles. The van der Waals surface area contributed by atoms with Crippen molar-refractivity contribution >= 4 is 0 Å². The molecule has 0 amide bonds. The summed E-state index contributed by atoms with van der Waals surface area (Å²) in [6.45, 7) is 4.00. The first-order valence-corrected chi connectivity index (χ1v) is 1.45. The number of hydrogen-bond donors (Lipinski definition) is 2. The summed E-state index contributed by atoms with van der Waals surface area (Å²) in [5, 5.41) is 7.00. The molecule has 5 heavy (non-hydrogen) atoms. The quantitative estimate of drug-likeness (QED) is 0.457. The Hall–Kier alpha value is -0.0800. The van der Waals surface area contributed by atoms with Crippen LogP contribution in [0.1, 0.15) is 15.3 Å². The monoisotopic (exact) mass is 81.1 g/mol. The van der Waals surface area contributed by atoms with E-state index in [0.29, 0.717) is 0 Å². The Labute approximate surface area is 34.9 Å². The van der Waals surface area contributed by atoms with Crippen molar-refractivity contribution in [3.8, 4) is 0 Å². The summed E-state index contributed by atoms with van der Waals surface area (Å²) in [5.41, 5.74) is 0. The molecule has 0 saturated heterocycles. The lowest BCUT2D eigenvalue weighted by Crippen LogP contribution is -1.25. The molecule has 4 N–H and O–H groups in total. The molecule has 0 bridgehead atoms. The predicted molar refractivity (Wildman–Crippen MR) is 26.6 cm³/mol. The van der Waals surface area contributed by atoms with Gasteiger partial charge in [0.2, 0.25) is 0 Å². The van der Waals surface area contributed by atoms with E-state index in [4.69, 9.17) is 5.11 Å². The molecule has 0 radical (unpaired) electrons. The number of aliphatic hydroxyl groups excluding tert-OH is 1. The fourth-order valence-electron chi connectivity index (χ4n) is 0. The van der Waals surface area contributed by atoms with Gasteiger partial charge in [0.15, 0.2) is 0 Å². The summed E-state index contributed by atoms with van der Waals surface area (Å²) < 4.78 is 0. The van der Waals surface area contributed by atoms with Crippen LogP contribution in [0.4, 0.5) is 0 Å². The molecule has 0 spiro atoms. The number of hydrogen-bond acceptors (Lipinski definition) is 2. The molecule has 0 saturated carbocycles. The number of aliphatic hydroxyl groups is 1. The van der Waals surface area contributed by atoms with Crippen LogP contribution in [0, 0.1) is 0 Å². The van der Waals surface area contributed by atoms with Gasteiger partial charge in [0.25, 0.3) is 0 Å². The van der Waals surface area contributed by atoms with Crippen molar-refractivity contribution in [1.29, 1.82) is 0 Å². The SMILES string of the molecule is CC.CO.N.[HH]. The second-order valence-electron chi connectivity index (χ2n) is 0. The zero-order valence-corrected chi connectivity index (χ0v) is 4.15. The van der Waals surface area contributed by atoms with Gasteiger partial charge >= 0.3 is 0 Å². The standard InChI is InChI=1S/C2H6.CH4O.H3N.H2/c2*1-2;;/h1-2H3;2H,1H3;1H3;1H. The molecular weight excluding hydrogens is 66.0 g/mol. The van der Waals surface area contributed by atoms with E-state index in [0.717, 1.165) is 7.11 Å². The molecule has 0 aromatic rings. The fourth-order valence-corrected chi connectivity index (χ4v) is 0. The second kappa shape index (κ2) is 5220. The Morgan fingerprint density at radius 3 is 1.20 bits per heavy atom. The van der Waals surface area contributed by atoms with Crippen LogP contribution >= 0.6 is 0 Å². The van der Waals surface area contributed by atoms with E-state index in [1.807, 2.05) is 13.8 Å². The van der Waals surface area contributed by atoms with Crippen LogP contribution < -0.4 is 6.15 Å². The first-order chi connectivity index (χ1) is 2.00. The van der Waals surface area contributed by atoms with Crippen molar-refractivity contribution < 1.29 is 6.53 Å². The normalized spacial score (nSPS) is 2.40. The van der Waals surface area contributed by atoms with E-state index < -0.39 is 0 Å². The minimum absolute atomic E-state index is 0. The van der Waals surface area contributed by atoms with Gasteiger partial charge in [-0.2, -0.15) is 0 Å². The Morgan fingerprint density at radius 2 is 1.20 bits per heavy atom. The summed E-state index contributed by atoms with van der Waals surface area (Å²) in [7, 11) is 1.00. The molecule has 0 unspecified atom stereocenters. The summed E-state index contributed by atoms with van der Waals surface area (Å²) >= 11 is 0. The minimum Gasteiger partial charge on any atom is -0.400 e. The molecule has 0 aliphatic rings. The van der Waals surface area contributed by atoms with Gasteiger partial charge in [0, 0.05) is 8.54 Å². The molecule has 0 aliphatic carbocycles. The predicted octanol–water partition coefficient (Wildman–Crippen LogP) is 1.04. The first-order valence-electron chi connectivity index (χ1n) is 1.45. The maximum absolute atomic E-state index is 7.00. The molecule has 2 heteroatoms. The topological polar surface area (TPSA) is 55.2 Å². The highest BCUT2D eigenvalue weighted by atomic mass is 16.2. The molecule has 0 heterocycles. The zero-order valence-electron chi connectivity index (χ0n) is 4.15. The van der Waals surface area contributed by atoms with Gasteiger partial charge in [-0.15, -0.1) is 0 Å². The van der Waals surface area contributed by atoms with Gasteiger partial charge in [-0.05, 0) is 0 Å². The maximum Gasteiger partial charge on any atom is 0.0319 e. The highest BCUT2D eigenvalue weighted by molar-refractivity contribution is 3.50. The minimum atomic E-state index is 0. The Kier molecular flexibility index (Phi) is 21400. The average molecular weight is 81.2 g/mol. The van der Waals surface area contributed by atoms with E-state index in [-0.39, 0.29) is 7.58 Å². The van der Waals surface area contributed by atoms with E-state index in [2.05, 4.69) is 0 Å². The number of rotatable bonds is 0. The van der Waals surface area contributed by atoms with Crippen LogP contribution in [0.3, 0.4) is 0 Å². The van der Waals surface area contributed by atoms with E-state index in [1.54, 1.807) is 0 Å². The molecule has 0 aromatic carbocycles. The van der Waals surface area contributed by atoms with Crippen molar-refractivity contribution in [3.63, 3.8) is 0 Å². The molecule has 0 atom stereocenters. The van der Waals surface area contributed by atoms with Crippen LogP contribution in [-0.4, -0.2) is 12.2 Å². The van der Waals surface area contributed by atoms with Crippen LogP contribution in [0.15, 0.2) is 0 Å². The van der Waals surface area contributed by atoms with Crippen molar-refractivity contribution in [2.45, 2.75) is 13.8 Å². The van der Waals surface area contributed by atoms with Crippen LogP contribution in [-0.2, 0) is 0 Å². The molecule has 38 valence electrons. The lowest BCUT2D eigenvalue weighted by atomic mass is 11.0. The van der Waals surface area contributed by atoms with Crippen LogP contribution in [0.2, 0.25) is 0 Å². The van der Waals surface area contributed by atoms with Crippen molar-refractivity contribution in [3.05, 3.63) is 0 Å². The van der Waals surface area contributed by atoms with Gasteiger partial charge in [-0.25, -0.2) is 0 Å². The third kappa shape index (κ3) is 2260. The lowest BCUT2D eigenvalue weighted by molar-refractivity contribution is 0.399. The smallest absolute Gasteiger partial charge is 0.0319 e. The largest absolute Gasteiger partial charge is 0.400 e. The van der Waals surface area contributed by atoms with Crippen molar-refractivity contribution in [2.24, 2.45) is 0 Å². The van der Waals surface area contributed by atoms with Crippen molar-refractivity contribution in [1.82, 2.24) is 6.15 Å². The van der Waals surface area contributed by atoms with Gasteiger partial charge < -0.3 is 11.3 Å². The summed E-state index contributed by atoms with van der Waals surface area (Å²) in [5.74, 6) is 0. The zero-order chi connectivity index (χ0) is 4.00. The fraction of sp³-hybridized carbons (Fsp3) is 1.00. The highest BCUT2D eigenvalue weighted by Crippen LogP contribution is 1.14. The summed E-state index contributed by atoms with van der Waals surface area (Å²) in [4.78, 5) is 0. The third-order valence-electron chi connectivity index (χ3n) is 0. The Morgan fingerprint density at radius 1 is 1.20 bits per heavy atom. The average Bonchev–Trinajstić information content (AvgIpc) is 1.50. The van der Waals surface area contributed by atoms with Gasteiger partial charge in [0.05, 0.1) is 0 Å². The first kappa shape index (κ1) is 20.5. The van der Waals surface area contributed by atoms with Crippen LogP contribution in [0.5, 0.6) is 0 Å². The highest BCUT2D eigenvalue weighted by Gasteiger charge is 0.932. The Balaban J connectivity index is -0.00000000500. The third-order valence-corrected chi connectivity index (χ3v) is 0. The van der Waals surface area contributed by atoms with E-state index in [9.17, 15) is 0 Å². The lowest BCUT2D eigenvalue weighted by Gasteiger charge is -1.21. The second-order valence-corrected chi connectivity index (χ2v) is 0. The summed E-state index contributed by atoms with van der Waals surface area (Å²) in [6, 6.07) is 0. The van der Waals surface area contributed by atoms with Crippen molar-refractivity contribution in [2.75, 3.05) is 7.11 Å². The van der Waals surface area contributed by atoms with Gasteiger partial charge in [-0.3, -0.25) is 0 Å². The summed E-state index contributed by atoms with van der Waals surface area (Å²) in [6.07, 6.45) is 0. The maximum atomic E-state index is 7.00. The molecule has 2 nitrogen and oxygen atoms in total. The molecule has 0 fully saturated rings. The molecule has 0 rings (SSSR count). The Bertz CT molecular complexity index is 10.8. The van der Waals surface area contributed by atoms with Crippen LogP contribution in [0.25, 0.3) is 0 Å². The van der Waals surface area contributed by atoms with Gasteiger partial charge in [-0.1, -0.05) is 13.8 Å². The van der Waals surface area contributed by atoms with Gasteiger partial charge in [0.1, 0.15) is 0 Å². The molecule has 0 aromatic heterocycles. The van der Waals surface area contributed by atoms with E-state index in [1.165, 1.54) is 0 Å².